The predicted octanol–water partition coefficient (Wildman–Crippen LogP) is 2.75. The van der Waals surface area contributed by atoms with E-state index in [0.717, 1.165) is 63.2 Å². The number of nitrogens with zero attached hydrogens (tertiary/aromatic N) is 3. The highest BCUT2D eigenvalue weighted by Gasteiger charge is 2.20. The van der Waals surface area contributed by atoms with Crippen LogP contribution in [0.5, 0.6) is 5.75 Å². The van der Waals surface area contributed by atoms with Gasteiger partial charge in [-0.3, -0.25) is 19.5 Å². The van der Waals surface area contributed by atoms with E-state index >= 15 is 0 Å². The highest BCUT2D eigenvalue weighted by atomic mass is 16.3. The number of aromatic hydroxyl groups is 1. The van der Waals surface area contributed by atoms with Gasteiger partial charge in [-0.1, -0.05) is 6.07 Å². The summed E-state index contributed by atoms with van der Waals surface area (Å²) in [5.41, 5.74) is 2.30. The lowest BCUT2D eigenvalue weighted by Gasteiger charge is -2.30. The monoisotopic (exact) mass is 361 g/mol. The summed E-state index contributed by atoms with van der Waals surface area (Å²) in [5.74, 6) is 0.0897. The molecule has 0 amide bonds. The van der Waals surface area contributed by atoms with E-state index in [1.54, 1.807) is 6.07 Å². The molecule has 146 valence electrons. The molecule has 26 heavy (non-hydrogen) atoms. The number of phenols is 1. The number of aldehydes is 1. The lowest BCUT2D eigenvalue weighted by Crippen LogP contribution is -2.41. The topological polar surface area (TPSA) is 47.0 Å². The molecule has 1 N–H and O–H groups in total. The van der Waals surface area contributed by atoms with Crippen LogP contribution in [0.4, 0.5) is 0 Å². The van der Waals surface area contributed by atoms with Crippen molar-refractivity contribution in [3.63, 3.8) is 0 Å². The lowest BCUT2D eigenvalue weighted by molar-refractivity contribution is 0.112. The van der Waals surface area contributed by atoms with Crippen LogP contribution < -0.4 is 0 Å². The second-order valence-electron chi connectivity index (χ2n) is 8.00. The quantitative estimate of drug-likeness (QED) is 0.817. The van der Waals surface area contributed by atoms with Gasteiger partial charge < -0.3 is 5.11 Å². The van der Waals surface area contributed by atoms with Gasteiger partial charge in [-0.2, -0.15) is 0 Å². The van der Waals surface area contributed by atoms with Gasteiger partial charge >= 0.3 is 0 Å². The minimum atomic E-state index is 0.0897. The first-order valence-corrected chi connectivity index (χ1v) is 9.80. The normalized spacial score (nSPS) is 18.7. The molecule has 0 bridgehead atoms. The number of carbonyl (C=O) groups is 1. The van der Waals surface area contributed by atoms with Gasteiger partial charge in [0.25, 0.3) is 0 Å². The number of phenolic OH excluding ortho intramolecular Hbond substituents is 1. The molecule has 5 nitrogen and oxygen atoms in total. The van der Waals surface area contributed by atoms with E-state index in [-0.39, 0.29) is 5.75 Å². The van der Waals surface area contributed by atoms with Crippen molar-refractivity contribution in [2.24, 2.45) is 0 Å². The van der Waals surface area contributed by atoms with Crippen molar-refractivity contribution < 1.29 is 9.90 Å². The van der Waals surface area contributed by atoms with E-state index in [9.17, 15) is 9.90 Å². The molecule has 1 heterocycles. The van der Waals surface area contributed by atoms with Crippen LogP contribution in [0.25, 0.3) is 0 Å². The molecule has 0 aromatic heterocycles. The molecule has 1 aromatic rings. The van der Waals surface area contributed by atoms with E-state index in [1.165, 1.54) is 0 Å². The van der Waals surface area contributed by atoms with Crippen LogP contribution in [0.1, 0.15) is 49.2 Å². The highest BCUT2D eigenvalue weighted by molar-refractivity contribution is 5.81. The van der Waals surface area contributed by atoms with Gasteiger partial charge in [0, 0.05) is 57.9 Å². The van der Waals surface area contributed by atoms with Gasteiger partial charge in [0.15, 0.2) is 6.29 Å². The first-order valence-electron chi connectivity index (χ1n) is 9.80. The Kier molecular flexibility index (Phi) is 7.62. The molecule has 0 unspecified atom stereocenters. The largest absolute Gasteiger partial charge is 0.507 e. The molecule has 1 aliphatic heterocycles. The van der Waals surface area contributed by atoms with E-state index in [4.69, 9.17) is 0 Å². The van der Waals surface area contributed by atoms with Crippen molar-refractivity contribution in [1.82, 2.24) is 14.7 Å². The molecular weight excluding hydrogens is 326 g/mol. The zero-order valence-electron chi connectivity index (χ0n) is 17.0. The van der Waals surface area contributed by atoms with Crippen molar-refractivity contribution in [3.05, 3.63) is 28.8 Å². The number of carbonyl (C=O) groups excluding carboxylic acids is 1. The van der Waals surface area contributed by atoms with Gasteiger partial charge in [-0.05, 0) is 51.8 Å². The fourth-order valence-corrected chi connectivity index (χ4v) is 3.68. The van der Waals surface area contributed by atoms with Crippen LogP contribution in [0.15, 0.2) is 12.1 Å². The van der Waals surface area contributed by atoms with Crippen LogP contribution in [0, 0.1) is 6.92 Å². The third-order valence-corrected chi connectivity index (χ3v) is 5.49. The third kappa shape index (κ3) is 5.53. The Morgan fingerprint density at radius 3 is 1.88 bits per heavy atom. The molecule has 2 rings (SSSR count). The number of hydrogen-bond acceptors (Lipinski definition) is 5. The van der Waals surface area contributed by atoms with E-state index < -0.39 is 0 Å². The van der Waals surface area contributed by atoms with Crippen LogP contribution in [0.3, 0.4) is 0 Å². The van der Waals surface area contributed by atoms with Crippen LogP contribution in [-0.2, 0) is 6.54 Å². The summed E-state index contributed by atoms with van der Waals surface area (Å²) in [6, 6.07) is 4.85. The number of rotatable bonds is 5. The van der Waals surface area contributed by atoms with E-state index in [2.05, 4.69) is 42.4 Å². The average molecular weight is 362 g/mol. The van der Waals surface area contributed by atoms with Gasteiger partial charge in [0.1, 0.15) is 5.75 Å². The fourth-order valence-electron chi connectivity index (χ4n) is 3.68. The SMILES string of the molecule is Cc1cc(CN2CCN(C(C)C)CCN(C(C)C)CC2)cc(O)c1C=O. The minimum absolute atomic E-state index is 0.0897. The first-order chi connectivity index (χ1) is 12.3. The molecule has 0 atom stereocenters. The summed E-state index contributed by atoms with van der Waals surface area (Å²) in [4.78, 5) is 18.6. The molecular formula is C21H35N3O2. The Labute approximate surface area is 158 Å². The molecule has 0 radical (unpaired) electrons. The maximum absolute atomic E-state index is 11.1. The summed E-state index contributed by atoms with van der Waals surface area (Å²) in [6.45, 7) is 18.1. The van der Waals surface area contributed by atoms with Crippen LogP contribution in [-0.4, -0.2) is 77.4 Å². The smallest absolute Gasteiger partial charge is 0.154 e. The predicted molar refractivity (Wildman–Crippen MR) is 107 cm³/mol. The molecule has 1 aromatic carbocycles. The van der Waals surface area contributed by atoms with Gasteiger partial charge in [-0.25, -0.2) is 0 Å². The molecule has 1 aliphatic rings. The Balaban J connectivity index is 2.14. The average Bonchev–Trinajstić information content (AvgIpc) is 2.65. The van der Waals surface area contributed by atoms with Crippen molar-refractivity contribution in [1.29, 1.82) is 0 Å². The van der Waals surface area contributed by atoms with Gasteiger partial charge in [-0.15, -0.1) is 0 Å². The summed E-state index contributed by atoms with van der Waals surface area (Å²) >= 11 is 0. The lowest BCUT2D eigenvalue weighted by atomic mass is 10.0. The Bertz CT molecular complexity index is 558. The Morgan fingerprint density at radius 1 is 0.962 bits per heavy atom. The molecule has 5 heteroatoms. The van der Waals surface area contributed by atoms with Crippen molar-refractivity contribution >= 4 is 6.29 Å². The maximum Gasteiger partial charge on any atom is 0.154 e. The van der Waals surface area contributed by atoms with E-state index in [1.807, 2.05) is 13.0 Å². The van der Waals surface area contributed by atoms with E-state index in [0.29, 0.717) is 17.6 Å². The van der Waals surface area contributed by atoms with Crippen molar-refractivity contribution in [2.45, 2.75) is 53.2 Å². The Morgan fingerprint density at radius 2 is 1.46 bits per heavy atom. The Hall–Kier alpha value is -1.43. The molecule has 1 saturated heterocycles. The fraction of sp³-hybridized carbons (Fsp3) is 0.667. The second kappa shape index (κ2) is 9.49. The standard InChI is InChI=1S/C21H35N3O2/c1-16(2)23-8-6-22(7-9-24(11-10-23)17(3)4)14-19-12-18(5)20(15-25)21(26)13-19/h12-13,15-17,26H,6-11,14H2,1-5H3. The molecule has 1 fully saturated rings. The summed E-state index contributed by atoms with van der Waals surface area (Å²) in [6.07, 6.45) is 0.732. The van der Waals surface area contributed by atoms with Crippen LogP contribution >= 0.6 is 0 Å². The molecule has 0 aliphatic carbocycles. The maximum atomic E-state index is 11.1. The number of benzene rings is 1. The van der Waals surface area contributed by atoms with Gasteiger partial charge in [0.2, 0.25) is 0 Å². The van der Waals surface area contributed by atoms with Crippen molar-refractivity contribution in [2.75, 3.05) is 39.3 Å². The zero-order chi connectivity index (χ0) is 19.3. The molecule has 0 spiro atoms. The summed E-state index contributed by atoms with van der Waals surface area (Å²) in [7, 11) is 0. The summed E-state index contributed by atoms with van der Waals surface area (Å²) in [5, 5.41) is 10.1. The van der Waals surface area contributed by atoms with Gasteiger partial charge in [0.05, 0.1) is 5.56 Å². The number of aryl methyl sites for hydroxylation is 1. The zero-order valence-corrected chi connectivity index (χ0v) is 17.0. The third-order valence-electron chi connectivity index (χ3n) is 5.49. The highest BCUT2D eigenvalue weighted by Crippen LogP contribution is 2.22. The second-order valence-corrected chi connectivity index (χ2v) is 8.00. The minimum Gasteiger partial charge on any atom is -0.507 e. The summed E-state index contributed by atoms with van der Waals surface area (Å²) < 4.78 is 0. The first kappa shape index (κ1) is 20.9. The number of hydrogen-bond donors (Lipinski definition) is 1. The molecule has 0 saturated carbocycles. The van der Waals surface area contributed by atoms with Crippen molar-refractivity contribution in [3.8, 4) is 5.75 Å². The van der Waals surface area contributed by atoms with Crippen LogP contribution in [0.2, 0.25) is 0 Å².